The van der Waals surface area contributed by atoms with E-state index < -0.39 is 0 Å². The first-order chi connectivity index (χ1) is 9.82. The van der Waals surface area contributed by atoms with Crippen molar-refractivity contribution in [2.45, 2.75) is 76.5 Å². The van der Waals surface area contributed by atoms with E-state index in [-0.39, 0.29) is 0 Å². The van der Waals surface area contributed by atoms with Crippen LogP contribution in [0.5, 0.6) is 0 Å². The number of rotatable bonds is 6. The molecular formula is C20H30. The summed E-state index contributed by atoms with van der Waals surface area (Å²) in [5.74, 6) is 2.01. The predicted molar refractivity (Wildman–Crippen MR) is 86.9 cm³/mol. The van der Waals surface area contributed by atoms with Crippen molar-refractivity contribution in [1.29, 1.82) is 0 Å². The fourth-order valence-electron chi connectivity index (χ4n) is 4.62. The molecule has 2 saturated carbocycles. The second kappa shape index (κ2) is 6.33. The number of hydrogen-bond donors (Lipinski definition) is 0. The van der Waals surface area contributed by atoms with Crippen molar-refractivity contribution in [3.05, 3.63) is 35.9 Å². The van der Waals surface area contributed by atoms with Gasteiger partial charge >= 0.3 is 0 Å². The third kappa shape index (κ3) is 2.95. The summed E-state index contributed by atoms with van der Waals surface area (Å²) in [6, 6.07) is 11.5. The molecule has 0 N–H and O–H groups in total. The number of benzene rings is 1. The third-order valence-corrected chi connectivity index (χ3v) is 6.12. The Hall–Kier alpha value is -0.780. The van der Waals surface area contributed by atoms with Crippen LogP contribution < -0.4 is 0 Å². The number of hydrogen-bond acceptors (Lipinski definition) is 0. The molecule has 110 valence electrons. The minimum Gasteiger partial charge on any atom is -0.0645 e. The van der Waals surface area contributed by atoms with Crippen molar-refractivity contribution in [2.75, 3.05) is 0 Å². The topological polar surface area (TPSA) is 0 Å². The van der Waals surface area contributed by atoms with Gasteiger partial charge in [-0.2, -0.15) is 0 Å². The van der Waals surface area contributed by atoms with Crippen LogP contribution in [0.15, 0.2) is 30.3 Å². The molecule has 1 aromatic carbocycles. The van der Waals surface area contributed by atoms with Crippen LogP contribution in [-0.4, -0.2) is 0 Å². The fourth-order valence-corrected chi connectivity index (χ4v) is 4.62. The minimum absolute atomic E-state index is 0.474. The van der Waals surface area contributed by atoms with Crippen LogP contribution in [0.3, 0.4) is 0 Å². The molecule has 0 radical (unpaired) electrons. The van der Waals surface area contributed by atoms with E-state index in [1.54, 1.807) is 5.56 Å². The van der Waals surface area contributed by atoms with Gasteiger partial charge in [-0.25, -0.2) is 0 Å². The Morgan fingerprint density at radius 3 is 1.85 bits per heavy atom. The molecule has 0 bridgehead atoms. The van der Waals surface area contributed by atoms with E-state index in [1.807, 2.05) is 0 Å². The molecule has 0 spiro atoms. The van der Waals surface area contributed by atoms with E-state index >= 15 is 0 Å². The lowest BCUT2D eigenvalue weighted by molar-refractivity contribution is 0.187. The van der Waals surface area contributed by atoms with Crippen molar-refractivity contribution in [2.24, 2.45) is 11.8 Å². The van der Waals surface area contributed by atoms with Crippen LogP contribution >= 0.6 is 0 Å². The summed E-state index contributed by atoms with van der Waals surface area (Å²) in [4.78, 5) is 0. The molecule has 0 nitrogen and oxygen atoms in total. The standard InChI is InChI=1S/C20H30/c1-2-20(16-18-11-8-12-18,15-17-9-6-7-10-17)19-13-4-3-5-14-19/h3-5,13-14,17-18H,2,6-12,15-16H2,1H3. The van der Waals surface area contributed by atoms with Gasteiger partial charge in [0.25, 0.3) is 0 Å². The molecule has 1 aromatic rings. The summed E-state index contributed by atoms with van der Waals surface area (Å²) in [7, 11) is 0. The Bertz CT molecular complexity index is 397. The maximum atomic E-state index is 2.43. The van der Waals surface area contributed by atoms with Crippen molar-refractivity contribution in [3.63, 3.8) is 0 Å². The van der Waals surface area contributed by atoms with Gasteiger partial charge < -0.3 is 0 Å². The van der Waals surface area contributed by atoms with Crippen LogP contribution in [-0.2, 0) is 5.41 Å². The van der Waals surface area contributed by atoms with Gasteiger partial charge in [0.1, 0.15) is 0 Å². The predicted octanol–water partition coefficient (Wildman–Crippen LogP) is 6.10. The molecule has 0 aliphatic heterocycles. The maximum absolute atomic E-state index is 2.43. The van der Waals surface area contributed by atoms with Crippen molar-refractivity contribution >= 4 is 0 Å². The second-order valence-electron chi connectivity index (χ2n) is 7.36. The second-order valence-corrected chi connectivity index (χ2v) is 7.36. The van der Waals surface area contributed by atoms with Crippen molar-refractivity contribution in [1.82, 2.24) is 0 Å². The van der Waals surface area contributed by atoms with Gasteiger partial charge in [-0.05, 0) is 42.1 Å². The molecule has 2 fully saturated rings. The van der Waals surface area contributed by atoms with Crippen molar-refractivity contribution < 1.29 is 0 Å². The SMILES string of the molecule is CCC(CC1CCCC1)(CC1CCC1)c1ccccc1. The highest BCUT2D eigenvalue weighted by molar-refractivity contribution is 5.26. The maximum Gasteiger partial charge on any atom is -0.00443 e. The average Bonchev–Trinajstić information content (AvgIpc) is 2.95. The van der Waals surface area contributed by atoms with Gasteiger partial charge in [0.05, 0.1) is 0 Å². The molecule has 1 atom stereocenters. The lowest BCUT2D eigenvalue weighted by Crippen LogP contribution is -2.32. The Morgan fingerprint density at radius 1 is 0.850 bits per heavy atom. The molecule has 3 rings (SSSR count). The van der Waals surface area contributed by atoms with E-state index in [0.29, 0.717) is 5.41 Å². The Kier molecular flexibility index (Phi) is 4.48. The first-order valence-electron chi connectivity index (χ1n) is 8.88. The average molecular weight is 270 g/mol. The molecule has 1 unspecified atom stereocenters. The van der Waals surface area contributed by atoms with E-state index in [0.717, 1.165) is 11.8 Å². The van der Waals surface area contributed by atoms with E-state index in [1.165, 1.54) is 64.2 Å². The molecule has 2 aliphatic rings. The Labute approximate surface area is 125 Å². The highest BCUT2D eigenvalue weighted by Gasteiger charge is 2.37. The molecule has 0 heteroatoms. The van der Waals surface area contributed by atoms with Crippen LogP contribution in [0.2, 0.25) is 0 Å². The van der Waals surface area contributed by atoms with E-state index in [4.69, 9.17) is 0 Å². The Morgan fingerprint density at radius 2 is 1.40 bits per heavy atom. The van der Waals surface area contributed by atoms with Gasteiger partial charge in [0, 0.05) is 0 Å². The third-order valence-electron chi connectivity index (χ3n) is 6.12. The minimum atomic E-state index is 0.474. The molecular weight excluding hydrogens is 240 g/mol. The highest BCUT2D eigenvalue weighted by Crippen LogP contribution is 2.47. The summed E-state index contributed by atoms with van der Waals surface area (Å²) >= 11 is 0. The van der Waals surface area contributed by atoms with Gasteiger partial charge in [0.2, 0.25) is 0 Å². The molecule has 0 heterocycles. The lowest BCUT2D eigenvalue weighted by atomic mass is 9.63. The van der Waals surface area contributed by atoms with Crippen molar-refractivity contribution in [3.8, 4) is 0 Å². The van der Waals surface area contributed by atoms with Crippen LogP contribution in [0.1, 0.15) is 76.7 Å². The quantitative estimate of drug-likeness (QED) is 0.585. The van der Waals surface area contributed by atoms with Gasteiger partial charge in [0.15, 0.2) is 0 Å². The van der Waals surface area contributed by atoms with Gasteiger partial charge in [-0.3, -0.25) is 0 Å². The Balaban J connectivity index is 1.82. The van der Waals surface area contributed by atoms with E-state index in [2.05, 4.69) is 37.3 Å². The summed E-state index contributed by atoms with van der Waals surface area (Å²) in [6.45, 7) is 2.43. The zero-order valence-electron chi connectivity index (χ0n) is 13.1. The molecule has 0 aromatic heterocycles. The van der Waals surface area contributed by atoms with Crippen LogP contribution in [0.25, 0.3) is 0 Å². The lowest BCUT2D eigenvalue weighted by Gasteiger charge is -2.41. The highest BCUT2D eigenvalue weighted by atomic mass is 14.4. The normalized spacial score (nSPS) is 23.4. The first-order valence-corrected chi connectivity index (χ1v) is 8.88. The first kappa shape index (κ1) is 14.2. The summed E-state index contributed by atoms with van der Waals surface area (Å²) in [6.07, 6.45) is 14.6. The molecule has 20 heavy (non-hydrogen) atoms. The molecule has 0 amide bonds. The van der Waals surface area contributed by atoms with E-state index in [9.17, 15) is 0 Å². The summed E-state index contributed by atoms with van der Waals surface area (Å²) in [5, 5.41) is 0. The smallest absolute Gasteiger partial charge is 0.00443 e. The molecule has 0 saturated heterocycles. The van der Waals surface area contributed by atoms with Gasteiger partial charge in [-0.1, -0.05) is 82.2 Å². The summed E-state index contributed by atoms with van der Waals surface area (Å²) < 4.78 is 0. The zero-order valence-corrected chi connectivity index (χ0v) is 13.1. The largest absolute Gasteiger partial charge is 0.0645 e. The van der Waals surface area contributed by atoms with Gasteiger partial charge in [-0.15, -0.1) is 0 Å². The fraction of sp³-hybridized carbons (Fsp3) is 0.700. The summed E-state index contributed by atoms with van der Waals surface area (Å²) in [5.41, 5.74) is 2.10. The van der Waals surface area contributed by atoms with Crippen LogP contribution in [0, 0.1) is 11.8 Å². The van der Waals surface area contributed by atoms with Crippen LogP contribution in [0.4, 0.5) is 0 Å². The monoisotopic (exact) mass is 270 g/mol. The zero-order chi connectivity index (χ0) is 13.8. The molecule has 2 aliphatic carbocycles.